The number of hydrogen-bond donors (Lipinski definition) is 0. The van der Waals surface area contributed by atoms with Crippen molar-refractivity contribution in [2.45, 2.75) is 47.1 Å². The Morgan fingerprint density at radius 1 is 1.36 bits per heavy atom. The van der Waals surface area contributed by atoms with E-state index < -0.39 is 6.10 Å². The van der Waals surface area contributed by atoms with Crippen LogP contribution in [0.2, 0.25) is 0 Å². The quantitative estimate of drug-likeness (QED) is 0.642. The molecule has 1 unspecified atom stereocenters. The Hall–Kier alpha value is -0.570. The fraction of sp³-hybridized carbons (Fsp3) is 0.909. The first-order valence-corrected chi connectivity index (χ1v) is 5.15. The number of ether oxygens (including phenoxy) is 2. The average Bonchev–Trinajstić information content (AvgIpc) is 2.02. The van der Waals surface area contributed by atoms with Gasteiger partial charge in [0.1, 0.15) is 0 Å². The molecule has 0 aliphatic rings. The van der Waals surface area contributed by atoms with E-state index in [2.05, 4.69) is 20.8 Å². The standard InChI is InChI=1S/C11H22O3/c1-6-13-9(2)10(12)14-8-7-11(3,4)5/h9H,6-8H2,1-5H3. The van der Waals surface area contributed by atoms with Gasteiger partial charge in [-0.2, -0.15) is 0 Å². The van der Waals surface area contributed by atoms with Gasteiger partial charge in [-0.15, -0.1) is 0 Å². The molecule has 0 N–H and O–H groups in total. The Morgan fingerprint density at radius 2 is 1.93 bits per heavy atom. The Morgan fingerprint density at radius 3 is 2.36 bits per heavy atom. The zero-order valence-corrected chi connectivity index (χ0v) is 9.92. The Balaban J connectivity index is 3.64. The van der Waals surface area contributed by atoms with Gasteiger partial charge in [0.15, 0.2) is 6.10 Å². The molecule has 0 heterocycles. The van der Waals surface area contributed by atoms with Crippen molar-refractivity contribution in [2.24, 2.45) is 5.41 Å². The first kappa shape index (κ1) is 13.4. The van der Waals surface area contributed by atoms with Gasteiger partial charge < -0.3 is 9.47 Å². The fourth-order valence-corrected chi connectivity index (χ4v) is 0.893. The zero-order chi connectivity index (χ0) is 11.2. The normalized spacial score (nSPS) is 13.8. The average molecular weight is 202 g/mol. The predicted octanol–water partition coefficient (Wildman–Crippen LogP) is 2.39. The zero-order valence-electron chi connectivity index (χ0n) is 9.92. The summed E-state index contributed by atoms with van der Waals surface area (Å²) in [5.74, 6) is -0.267. The molecule has 0 aliphatic heterocycles. The Bertz CT molecular complexity index is 170. The summed E-state index contributed by atoms with van der Waals surface area (Å²) in [6, 6.07) is 0. The van der Waals surface area contributed by atoms with E-state index in [0.29, 0.717) is 13.2 Å². The lowest BCUT2D eigenvalue weighted by Gasteiger charge is -2.18. The highest BCUT2D eigenvalue weighted by Crippen LogP contribution is 2.18. The molecular weight excluding hydrogens is 180 g/mol. The fourth-order valence-electron chi connectivity index (χ4n) is 0.893. The lowest BCUT2D eigenvalue weighted by atomic mass is 9.93. The van der Waals surface area contributed by atoms with Gasteiger partial charge in [-0.3, -0.25) is 0 Å². The van der Waals surface area contributed by atoms with E-state index >= 15 is 0 Å². The van der Waals surface area contributed by atoms with Crippen LogP contribution >= 0.6 is 0 Å². The molecule has 1 atom stereocenters. The van der Waals surface area contributed by atoms with Gasteiger partial charge in [0, 0.05) is 6.61 Å². The summed E-state index contributed by atoms with van der Waals surface area (Å²) < 4.78 is 10.2. The van der Waals surface area contributed by atoms with E-state index in [1.165, 1.54) is 0 Å². The summed E-state index contributed by atoms with van der Waals surface area (Å²) in [7, 11) is 0. The van der Waals surface area contributed by atoms with Crippen molar-refractivity contribution >= 4 is 5.97 Å². The van der Waals surface area contributed by atoms with Crippen LogP contribution in [0.25, 0.3) is 0 Å². The predicted molar refractivity (Wildman–Crippen MR) is 56.1 cm³/mol. The van der Waals surface area contributed by atoms with Crippen LogP contribution in [0.4, 0.5) is 0 Å². The molecule has 0 aliphatic carbocycles. The molecule has 0 fully saturated rings. The molecule has 0 aromatic heterocycles. The van der Waals surface area contributed by atoms with Crippen LogP contribution in [-0.2, 0) is 14.3 Å². The third-order valence-corrected chi connectivity index (χ3v) is 1.84. The first-order chi connectivity index (χ1) is 6.37. The maximum atomic E-state index is 11.3. The van der Waals surface area contributed by atoms with Crippen LogP contribution in [0.1, 0.15) is 41.0 Å². The molecule has 0 saturated carbocycles. The number of carbonyl (C=O) groups excluding carboxylic acids is 1. The van der Waals surface area contributed by atoms with E-state index in [-0.39, 0.29) is 11.4 Å². The molecule has 3 nitrogen and oxygen atoms in total. The smallest absolute Gasteiger partial charge is 0.334 e. The van der Waals surface area contributed by atoms with Crippen molar-refractivity contribution in [3.05, 3.63) is 0 Å². The topological polar surface area (TPSA) is 35.5 Å². The molecule has 84 valence electrons. The van der Waals surface area contributed by atoms with E-state index in [1.807, 2.05) is 6.92 Å². The van der Waals surface area contributed by atoms with Crippen molar-refractivity contribution in [3.8, 4) is 0 Å². The summed E-state index contributed by atoms with van der Waals surface area (Å²) >= 11 is 0. The van der Waals surface area contributed by atoms with Crippen molar-refractivity contribution in [2.75, 3.05) is 13.2 Å². The van der Waals surface area contributed by atoms with Crippen LogP contribution in [0.15, 0.2) is 0 Å². The van der Waals surface area contributed by atoms with Gasteiger partial charge in [-0.25, -0.2) is 4.79 Å². The lowest BCUT2D eigenvalue weighted by molar-refractivity contribution is -0.156. The van der Waals surface area contributed by atoms with E-state index in [1.54, 1.807) is 6.92 Å². The molecule has 14 heavy (non-hydrogen) atoms. The molecule has 0 aromatic rings. The maximum Gasteiger partial charge on any atom is 0.334 e. The second-order valence-corrected chi connectivity index (χ2v) is 4.58. The minimum Gasteiger partial charge on any atom is -0.464 e. The van der Waals surface area contributed by atoms with Gasteiger partial charge >= 0.3 is 5.97 Å². The van der Waals surface area contributed by atoms with E-state index in [4.69, 9.17) is 9.47 Å². The second kappa shape index (κ2) is 6.02. The highest BCUT2D eigenvalue weighted by atomic mass is 16.6. The van der Waals surface area contributed by atoms with Crippen molar-refractivity contribution in [1.82, 2.24) is 0 Å². The molecular formula is C11H22O3. The summed E-state index contributed by atoms with van der Waals surface area (Å²) in [5.41, 5.74) is 0.204. The minimum absolute atomic E-state index is 0.204. The van der Waals surface area contributed by atoms with Gasteiger partial charge in [0.25, 0.3) is 0 Å². The number of rotatable bonds is 5. The second-order valence-electron chi connectivity index (χ2n) is 4.58. The van der Waals surface area contributed by atoms with Gasteiger partial charge in [0.05, 0.1) is 6.61 Å². The molecule has 0 spiro atoms. The molecule has 0 amide bonds. The van der Waals surface area contributed by atoms with Crippen LogP contribution in [0.3, 0.4) is 0 Å². The van der Waals surface area contributed by atoms with E-state index in [9.17, 15) is 4.79 Å². The monoisotopic (exact) mass is 202 g/mol. The van der Waals surface area contributed by atoms with E-state index in [0.717, 1.165) is 6.42 Å². The SMILES string of the molecule is CCOC(C)C(=O)OCCC(C)(C)C. The largest absolute Gasteiger partial charge is 0.464 e. The summed E-state index contributed by atoms with van der Waals surface area (Å²) in [6.07, 6.45) is 0.428. The first-order valence-electron chi connectivity index (χ1n) is 5.15. The number of hydrogen-bond acceptors (Lipinski definition) is 3. The third-order valence-electron chi connectivity index (χ3n) is 1.84. The van der Waals surface area contributed by atoms with Gasteiger partial charge in [-0.05, 0) is 25.7 Å². The lowest BCUT2D eigenvalue weighted by Crippen LogP contribution is -2.24. The highest BCUT2D eigenvalue weighted by Gasteiger charge is 2.16. The third kappa shape index (κ3) is 6.89. The van der Waals surface area contributed by atoms with Crippen LogP contribution < -0.4 is 0 Å². The van der Waals surface area contributed by atoms with Crippen molar-refractivity contribution in [3.63, 3.8) is 0 Å². The summed E-state index contributed by atoms with van der Waals surface area (Å²) in [5, 5.41) is 0. The van der Waals surface area contributed by atoms with Gasteiger partial charge in [-0.1, -0.05) is 20.8 Å². The van der Waals surface area contributed by atoms with Gasteiger partial charge in [0.2, 0.25) is 0 Å². The summed E-state index contributed by atoms with van der Waals surface area (Å²) in [4.78, 5) is 11.3. The molecule has 0 bridgehead atoms. The summed E-state index contributed by atoms with van der Waals surface area (Å²) in [6.45, 7) is 10.9. The Kier molecular flexibility index (Phi) is 5.77. The highest BCUT2D eigenvalue weighted by molar-refractivity contribution is 5.74. The number of esters is 1. The number of carbonyl (C=O) groups is 1. The minimum atomic E-state index is -0.444. The molecule has 0 saturated heterocycles. The molecule has 3 heteroatoms. The molecule has 0 aromatic carbocycles. The Labute approximate surface area is 86.8 Å². The van der Waals surface area contributed by atoms with Crippen LogP contribution in [-0.4, -0.2) is 25.3 Å². The van der Waals surface area contributed by atoms with Crippen molar-refractivity contribution in [1.29, 1.82) is 0 Å². The van der Waals surface area contributed by atoms with Crippen molar-refractivity contribution < 1.29 is 14.3 Å². The maximum absolute atomic E-state index is 11.3. The molecule has 0 radical (unpaired) electrons. The van der Waals surface area contributed by atoms with Crippen LogP contribution in [0.5, 0.6) is 0 Å². The van der Waals surface area contributed by atoms with Crippen LogP contribution in [0, 0.1) is 5.41 Å². The molecule has 0 rings (SSSR count).